The van der Waals surface area contributed by atoms with Crippen molar-refractivity contribution < 1.29 is 4.79 Å². The molecule has 0 spiro atoms. The zero-order valence-corrected chi connectivity index (χ0v) is 17.6. The summed E-state index contributed by atoms with van der Waals surface area (Å²) < 4.78 is 2.48. The number of nitrogens with one attached hydrogen (secondary N) is 1. The van der Waals surface area contributed by atoms with Crippen LogP contribution in [0.5, 0.6) is 0 Å². The number of carbonyl (C=O) groups is 1. The summed E-state index contributed by atoms with van der Waals surface area (Å²) in [5.74, 6) is 0.377. The summed E-state index contributed by atoms with van der Waals surface area (Å²) in [4.78, 5) is 12.6. The first-order valence-corrected chi connectivity index (χ1v) is 10.8. The Bertz CT molecular complexity index is 1210. The van der Waals surface area contributed by atoms with Gasteiger partial charge in [0.05, 0.1) is 17.3 Å². The highest BCUT2D eigenvalue weighted by Crippen LogP contribution is 2.28. The lowest BCUT2D eigenvalue weighted by molar-refractivity contribution is 0.102. The summed E-state index contributed by atoms with van der Waals surface area (Å²) >= 11 is 2.84. The summed E-state index contributed by atoms with van der Waals surface area (Å²) in [6, 6.07) is 20.9. The van der Waals surface area contributed by atoms with Crippen LogP contribution < -0.4 is 5.32 Å². The number of aryl methyl sites for hydroxylation is 1. The van der Waals surface area contributed by atoms with E-state index in [0.717, 1.165) is 21.3 Å². The average molecular weight is 433 g/mol. The molecule has 0 fully saturated rings. The molecule has 1 N–H and O–H groups in total. The molecule has 4 aromatic rings. The van der Waals surface area contributed by atoms with Crippen LogP contribution in [0.15, 0.2) is 65.0 Å². The Morgan fingerprint density at radius 1 is 1.17 bits per heavy atom. The molecular formula is C21H16N6OS2. The van der Waals surface area contributed by atoms with E-state index in [1.165, 1.54) is 23.1 Å². The van der Waals surface area contributed by atoms with Gasteiger partial charge in [0.1, 0.15) is 0 Å². The molecule has 4 rings (SSSR count). The Hall–Kier alpha value is -3.48. The van der Waals surface area contributed by atoms with Crippen LogP contribution in [0.1, 0.15) is 27.3 Å². The van der Waals surface area contributed by atoms with Gasteiger partial charge in [0.25, 0.3) is 5.91 Å². The molecule has 30 heavy (non-hydrogen) atoms. The van der Waals surface area contributed by atoms with E-state index in [1.54, 1.807) is 22.9 Å². The fourth-order valence-corrected chi connectivity index (χ4v) is 4.42. The molecular weight excluding hydrogens is 416 g/mol. The molecule has 0 saturated carbocycles. The van der Waals surface area contributed by atoms with Gasteiger partial charge in [-0.2, -0.15) is 10.4 Å². The lowest BCUT2D eigenvalue weighted by atomic mass is 10.2. The number of benzene rings is 2. The third kappa shape index (κ3) is 4.56. The molecule has 0 aliphatic carbocycles. The number of thioether (sulfide) groups is 1. The normalized spacial score (nSPS) is 10.5. The molecule has 1 amide bonds. The minimum absolute atomic E-state index is 0.318. The van der Waals surface area contributed by atoms with Gasteiger partial charge in [-0.15, -0.1) is 10.2 Å². The number of aromatic nitrogens is 4. The Labute approximate surface area is 181 Å². The maximum atomic E-state index is 12.6. The lowest BCUT2D eigenvalue weighted by Crippen LogP contribution is -2.13. The van der Waals surface area contributed by atoms with Crippen LogP contribution in [-0.2, 0) is 5.75 Å². The Morgan fingerprint density at radius 2 is 1.93 bits per heavy atom. The minimum Gasteiger partial charge on any atom is -0.295 e. The summed E-state index contributed by atoms with van der Waals surface area (Å²) in [7, 11) is 0. The minimum atomic E-state index is -0.326. The van der Waals surface area contributed by atoms with Gasteiger partial charge in [0.15, 0.2) is 10.0 Å². The quantitative estimate of drug-likeness (QED) is 0.357. The molecule has 0 radical (unpaired) electrons. The Kier molecular flexibility index (Phi) is 5.88. The van der Waals surface area contributed by atoms with Gasteiger partial charge in [0.2, 0.25) is 5.13 Å². The molecule has 0 atom stereocenters. The van der Waals surface area contributed by atoms with Crippen LogP contribution in [0.2, 0.25) is 0 Å². The molecule has 0 bridgehead atoms. The topological polar surface area (TPSA) is 96.5 Å². The molecule has 0 saturated heterocycles. The van der Waals surface area contributed by atoms with Crippen molar-refractivity contribution in [3.8, 4) is 11.8 Å². The zero-order chi connectivity index (χ0) is 20.9. The largest absolute Gasteiger partial charge is 0.295 e. The summed E-state index contributed by atoms with van der Waals surface area (Å²) in [6.07, 6.45) is 0. The smallest absolute Gasteiger partial charge is 0.278 e. The van der Waals surface area contributed by atoms with Crippen molar-refractivity contribution in [2.45, 2.75) is 17.0 Å². The van der Waals surface area contributed by atoms with E-state index in [-0.39, 0.29) is 5.91 Å². The Morgan fingerprint density at radius 3 is 2.67 bits per heavy atom. The SMILES string of the molecule is Cc1cc(C(=O)Nc2nnc(SCc3ccc(C#N)cc3)s2)nn1-c1ccccc1. The predicted molar refractivity (Wildman–Crippen MR) is 117 cm³/mol. The van der Waals surface area contributed by atoms with Crippen LogP contribution >= 0.6 is 23.1 Å². The lowest BCUT2D eigenvalue weighted by Gasteiger charge is -2.02. The van der Waals surface area contributed by atoms with Crippen LogP contribution in [0.3, 0.4) is 0 Å². The number of anilines is 1. The molecule has 2 aromatic carbocycles. The zero-order valence-electron chi connectivity index (χ0n) is 15.9. The molecule has 0 aliphatic rings. The van der Waals surface area contributed by atoms with Gasteiger partial charge in [0, 0.05) is 11.4 Å². The van der Waals surface area contributed by atoms with Crippen molar-refractivity contribution in [3.05, 3.63) is 83.2 Å². The van der Waals surface area contributed by atoms with Gasteiger partial charge in [-0.05, 0) is 42.8 Å². The monoisotopic (exact) mass is 432 g/mol. The highest BCUT2D eigenvalue weighted by Gasteiger charge is 2.15. The molecule has 2 aromatic heterocycles. The highest BCUT2D eigenvalue weighted by atomic mass is 32.2. The second kappa shape index (κ2) is 8.90. The number of amides is 1. The number of para-hydroxylation sites is 1. The maximum Gasteiger partial charge on any atom is 0.278 e. The summed E-state index contributed by atoms with van der Waals surface area (Å²) in [5, 5.41) is 24.6. The molecule has 0 aliphatic heterocycles. The molecule has 148 valence electrons. The summed E-state index contributed by atoms with van der Waals surface area (Å²) in [5.41, 5.74) is 3.79. The fourth-order valence-electron chi connectivity index (χ4n) is 2.72. The van der Waals surface area contributed by atoms with Crippen LogP contribution in [-0.4, -0.2) is 25.9 Å². The second-order valence-electron chi connectivity index (χ2n) is 6.34. The van der Waals surface area contributed by atoms with E-state index in [9.17, 15) is 4.79 Å². The van der Waals surface area contributed by atoms with Crippen molar-refractivity contribution in [2.24, 2.45) is 0 Å². The molecule has 9 heteroatoms. The third-order valence-electron chi connectivity index (χ3n) is 4.19. The van der Waals surface area contributed by atoms with E-state index < -0.39 is 0 Å². The van der Waals surface area contributed by atoms with Crippen molar-refractivity contribution in [2.75, 3.05) is 5.32 Å². The number of nitrogens with zero attached hydrogens (tertiary/aromatic N) is 5. The third-order valence-corrected chi connectivity index (χ3v) is 6.24. The van der Waals surface area contributed by atoms with Crippen molar-refractivity contribution in [1.29, 1.82) is 5.26 Å². The summed E-state index contributed by atoms with van der Waals surface area (Å²) in [6.45, 7) is 1.90. The second-order valence-corrected chi connectivity index (χ2v) is 8.54. The standard InChI is InChI=1S/C21H16N6OS2/c1-14-11-18(26-27(14)17-5-3-2-4-6-17)19(28)23-20-24-25-21(30-20)29-13-16-9-7-15(12-22)8-10-16/h2-11H,13H2,1H3,(H,23,24,28). The van der Waals surface area contributed by atoms with E-state index in [0.29, 0.717) is 22.1 Å². The van der Waals surface area contributed by atoms with Gasteiger partial charge >= 0.3 is 0 Å². The first-order chi connectivity index (χ1) is 14.6. The van der Waals surface area contributed by atoms with E-state index in [4.69, 9.17) is 5.26 Å². The van der Waals surface area contributed by atoms with Gasteiger partial charge in [-0.1, -0.05) is 53.4 Å². The van der Waals surface area contributed by atoms with E-state index in [2.05, 4.69) is 26.7 Å². The van der Waals surface area contributed by atoms with Gasteiger partial charge in [-0.3, -0.25) is 10.1 Å². The van der Waals surface area contributed by atoms with Crippen molar-refractivity contribution >= 4 is 34.1 Å². The van der Waals surface area contributed by atoms with Gasteiger partial charge in [-0.25, -0.2) is 4.68 Å². The molecule has 7 nitrogen and oxygen atoms in total. The number of nitriles is 1. The van der Waals surface area contributed by atoms with Crippen LogP contribution in [0.4, 0.5) is 5.13 Å². The van der Waals surface area contributed by atoms with Gasteiger partial charge < -0.3 is 0 Å². The molecule has 0 unspecified atom stereocenters. The number of hydrogen-bond acceptors (Lipinski definition) is 7. The van der Waals surface area contributed by atoms with Crippen molar-refractivity contribution in [3.63, 3.8) is 0 Å². The van der Waals surface area contributed by atoms with E-state index >= 15 is 0 Å². The van der Waals surface area contributed by atoms with Crippen molar-refractivity contribution in [1.82, 2.24) is 20.0 Å². The molecule has 2 heterocycles. The first-order valence-electron chi connectivity index (χ1n) is 9.01. The number of hydrogen-bond donors (Lipinski definition) is 1. The predicted octanol–water partition coefficient (Wildman–Crippen LogP) is 4.45. The Balaban J connectivity index is 1.39. The fraction of sp³-hybridized carbons (Fsp3) is 0.0952. The van der Waals surface area contributed by atoms with E-state index in [1.807, 2.05) is 49.4 Å². The van der Waals surface area contributed by atoms with Crippen LogP contribution in [0.25, 0.3) is 5.69 Å². The van der Waals surface area contributed by atoms with Crippen LogP contribution in [0, 0.1) is 18.3 Å². The first kappa shape index (κ1) is 19.8. The number of rotatable bonds is 6. The highest BCUT2D eigenvalue weighted by molar-refractivity contribution is 8.00. The number of carbonyl (C=O) groups excluding carboxylic acids is 1. The average Bonchev–Trinajstić information content (AvgIpc) is 3.39. The maximum absolute atomic E-state index is 12.6.